The van der Waals surface area contributed by atoms with Gasteiger partial charge in [0.05, 0.1) is 3.57 Å². The minimum Gasteiger partial charge on any atom is -0.507 e. The fraction of sp³-hybridized carbons (Fsp3) is 0.462. The Balaban J connectivity index is 2.61. The molecule has 2 N–H and O–H groups in total. The van der Waals surface area contributed by atoms with E-state index in [0.717, 1.165) is 3.57 Å². The van der Waals surface area contributed by atoms with E-state index in [4.69, 9.17) is 0 Å². The van der Waals surface area contributed by atoms with Crippen molar-refractivity contribution in [3.63, 3.8) is 0 Å². The number of halogens is 1. The first kappa shape index (κ1) is 14.3. The van der Waals surface area contributed by atoms with Gasteiger partial charge in [-0.15, -0.1) is 0 Å². The monoisotopic (exact) mass is 347 g/mol. The second-order valence-electron chi connectivity index (χ2n) is 4.60. The van der Waals surface area contributed by atoms with Crippen molar-refractivity contribution in [3.05, 3.63) is 27.3 Å². The molecule has 4 heteroatoms. The van der Waals surface area contributed by atoms with Crippen molar-refractivity contribution in [1.29, 1.82) is 0 Å². The minimum absolute atomic E-state index is 0.135. The predicted octanol–water partition coefficient (Wildman–Crippen LogP) is 3.02. The third-order valence-electron chi connectivity index (χ3n) is 2.93. The van der Waals surface area contributed by atoms with E-state index in [0.29, 0.717) is 23.9 Å². The smallest absolute Gasteiger partial charge is 0.251 e. The molecule has 0 aliphatic carbocycles. The maximum absolute atomic E-state index is 11.8. The van der Waals surface area contributed by atoms with Gasteiger partial charge in [0, 0.05) is 12.1 Å². The van der Waals surface area contributed by atoms with Gasteiger partial charge in [-0.3, -0.25) is 4.79 Å². The Morgan fingerprint density at radius 2 is 2.06 bits per heavy atom. The van der Waals surface area contributed by atoms with E-state index in [1.54, 1.807) is 12.1 Å². The molecule has 0 aliphatic heterocycles. The Labute approximate surface area is 116 Å². The largest absolute Gasteiger partial charge is 0.507 e. The molecule has 1 aromatic rings. The zero-order valence-corrected chi connectivity index (χ0v) is 12.5. The minimum atomic E-state index is -0.135. The van der Waals surface area contributed by atoms with Gasteiger partial charge in [-0.25, -0.2) is 0 Å². The molecule has 1 atom stereocenters. The Hall–Kier alpha value is -0.780. The molecular formula is C13H18INO2. The lowest BCUT2D eigenvalue weighted by atomic mass is 9.98. The van der Waals surface area contributed by atoms with Crippen LogP contribution in [0.3, 0.4) is 0 Å². The quantitative estimate of drug-likeness (QED) is 0.823. The molecule has 1 rings (SSSR count). The van der Waals surface area contributed by atoms with Gasteiger partial charge in [-0.1, -0.05) is 20.8 Å². The van der Waals surface area contributed by atoms with E-state index in [2.05, 4.69) is 26.1 Å². The van der Waals surface area contributed by atoms with Gasteiger partial charge >= 0.3 is 0 Å². The van der Waals surface area contributed by atoms with Crippen molar-refractivity contribution >= 4 is 28.5 Å². The van der Waals surface area contributed by atoms with Crippen LogP contribution < -0.4 is 5.32 Å². The van der Waals surface area contributed by atoms with Crippen molar-refractivity contribution in [2.24, 2.45) is 11.8 Å². The molecular weight excluding hydrogens is 329 g/mol. The fourth-order valence-electron chi connectivity index (χ4n) is 1.25. The number of hydrogen-bond donors (Lipinski definition) is 2. The van der Waals surface area contributed by atoms with Crippen LogP contribution in [0.1, 0.15) is 31.1 Å². The highest BCUT2D eigenvalue weighted by atomic mass is 127. The molecule has 1 amide bonds. The van der Waals surface area contributed by atoms with Crippen LogP contribution in [0, 0.1) is 15.4 Å². The molecule has 1 aromatic carbocycles. The SMILES string of the molecule is CC(C)C(C)CNC(=O)c1ccc(I)c(O)c1. The maximum Gasteiger partial charge on any atom is 0.251 e. The summed E-state index contributed by atoms with van der Waals surface area (Å²) < 4.78 is 0.745. The van der Waals surface area contributed by atoms with Crippen LogP contribution in [0.2, 0.25) is 0 Å². The van der Waals surface area contributed by atoms with Gasteiger partial charge in [0.25, 0.3) is 5.91 Å². The molecule has 0 saturated heterocycles. The van der Waals surface area contributed by atoms with Crippen LogP contribution in [0.15, 0.2) is 18.2 Å². The number of phenolic OH excluding ortho intramolecular Hbond substituents is 1. The van der Waals surface area contributed by atoms with E-state index in [9.17, 15) is 9.90 Å². The summed E-state index contributed by atoms with van der Waals surface area (Å²) in [5, 5.41) is 12.4. The van der Waals surface area contributed by atoms with E-state index in [1.807, 2.05) is 22.6 Å². The standard InChI is InChI=1S/C13H18INO2/c1-8(2)9(3)7-15-13(17)10-4-5-11(14)12(16)6-10/h4-6,8-9,16H,7H2,1-3H3,(H,15,17). The van der Waals surface area contributed by atoms with Crippen LogP contribution in [-0.2, 0) is 0 Å². The molecule has 17 heavy (non-hydrogen) atoms. The molecule has 1 unspecified atom stereocenters. The lowest BCUT2D eigenvalue weighted by Crippen LogP contribution is -2.30. The summed E-state index contributed by atoms with van der Waals surface area (Å²) in [6, 6.07) is 4.95. The van der Waals surface area contributed by atoms with Gasteiger partial charge in [0.15, 0.2) is 0 Å². The first-order chi connectivity index (χ1) is 7.91. The molecule has 0 bridgehead atoms. The molecule has 0 fully saturated rings. The maximum atomic E-state index is 11.8. The molecule has 94 valence electrons. The summed E-state index contributed by atoms with van der Waals surface area (Å²) in [5.74, 6) is 0.996. The topological polar surface area (TPSA) is 49.3 Å². The molecule has 3 nitrogen and oxygen atoms in total. The van der Waals surface area contributed by atoms with Crippen molar-refractivity contribution < 1.29 is 9.90 Å². The van der Waals surface area contributed by atoms with Crippen molar-refractivity contribution in [1.82, 2.24) is 5.32 Å². The summed E-state index contributed by atoms with van der Waals surface area (Å²) in [5.41, 5.74) is 0.499. The van der Waals surface area contributed by atoms with E-state index in [-0.39, 0.29) is 11.7 Å². The highest BCUT2D eigenvalue weighted by Gasteiger charge is 2.11. The Bertz CT molecular complexity index is 404. The zero-order chi connectivity index (χ0) is 13.0. The predicted molar refractivity (Wildman–Crippen MR) is 77.2 cm³/mol. The number of phenols is 1. The highest BCUT2D eigenvalue weighted by molar-refractivity contribution is 14.1. The second kappa shape index (κ2) is 6.23. The van der Waals surface area contributed by atoms with Crippen LogP contribution in [0.25, 0.3) is 0 Å². The Morgan fingerprint density at radius 1 is 1.41 bits per heavy atom. The average Bonchev–Trinajstić information content (AvgIpc) is 2.28. The van der Waals surface area contributed by atoms with Gasteiger partial charge in [-0.2, -0.15) is 0 Å². The molecule has 0 aliphatic rings. The normalized spacial score (nSPS) is 12.5. The summed E-state index contributed by atoms with van der Waals surface area (Å²) in [6.45, 7) is 7.03. The molecule has 0 aromatic heterocycles. The Kier molecular flexibility index (Phi) is 5.24. The average molecular weight is 347 g/mol. The lowest BCUT2D eigenvalue weighted by molar-refractivity contribution is 0.0944. The van der Waals surface area contributed by atoms with Gasteiger partial charge in [0.2, 0.25) is 0 Å². The number of carbonyl (C=O) groups is 1. The van der Waals surface area contributed by atoms with Crippen molar-refractivity contribution in [3.8, 4) is 5.75 Å². The lowest BCUT2D eigenvalue weighted by Gasteiger charge is -2.16. The van der Waals surface area contributed by atoms with Gasteiger partial charge in [0.1, 0.15) is 5.75 Å². The van der Waals surface area contributed by atoms with Crippen LogP contribution in [-0.4, -0.2) is 17.6 Å². The third kappa shape index (κ3) is 4.18. The first-order valence-electron chi connectivity index (χ1n) is 5.68. The van der Waals surface area contributed by atoms with Gasteiger partial charge < -0.3 is 10.4 Å². The van der Waals surface area contributed by atoms with Crippen LogP contribution in [0.5, 0.6) is 5.75 Å². The molecule has 0 spiro atoms. The van der Waals surface area contributed by atoms with E-state index >= 15 is 0 Å². The zero-order valence-electron chi connectivity index (χ0n) is 10.3. The number of amides is 1. The number of aromatic hydroxyl groups is 1. The molecule has 0 saturated carbocycles. The summed E-state index contributed by atoms with van der Waals surface area (Å²) in [7, 11) is 0. The number of benzene rings is 1. The first-order valence-corrected chi connectivity index (χ1v) is 6.76. The number of nitrogens with one attached hydrogen (secondary N) is 1. The third-order valence-corrected chi connectivity index (χ3v) is 3.84. The molecule has 0 radical (unpaired) electrons. The van der Waals surface area contributed by atoms with E-state index in [1.165, 1.54) is 6.07 Å². The van der Waals surface area contributed by atoms with Crippen LogP contribution >= 0.6 is 22.6 Å². The van der Waals surface area contributed by atoms with E-state index < -0.39 is 0 Å². The van der Waals surface area contributed by atoms with Crippen LogP contribution in [0.4, 0.5) is 0 Å². The number of carbonyl (C=O) groups excluding carboxylic acids is 1. The number of hydrogen-bond acceptors (Lipinski definition) is 2. The molecule has 0 heterocycles. The highest BCUT2D eigenvalue weighted by Crippen LogP contribution is 2.20. The summed E-state index contributed by atoms with van der Waals surface area (Å²) in [6.07, 6.45) is 0. The second-order valence-corrected chi connectivity index (χ2v) is 5.76. The summed E-state index contributed by atoms with van der Waals surface area (Å²) in [4.78, 5) is 11.8. The Morgan fingerprint density at radius 3 is 2.59 bits per heavy atom. The summed E-state index contributed by atoms with van der Waals surface area (Å²) >= 11 is 2.02. The van der Waals surface area contributed by atoms with Gasteiger partial charge in [-0.05, 0) is 52.6 Å². The van der Waals surface area contributed by atoms with Crippen molar-refractivity contribution in [2.45, 2.75) is 20.8 Å². The number of rotatable bonds is 4. The fourth-order valence-corrected chi connectivity index (χ4v) is 1.58. The van der Waals surface area contributed by atoms with Crippen molar-refractivity contribution in [2.75, 3.05) is 6.54 Å².